The lowest BCUT2D eigenvalue weighted by Crippen LogP contribution is -2.23. The van der Waals surface area contributed by atoms with Gasteiger partial charge in [0.05, 0.1) is 15.7 Å². The molecule has 0 fully saturated rings. The standard InChI is InChI=1S/C9H12Cl2N2/c1-5(6(2)12)9-8(11)3-7(10)4-13-9/h3-6H,12H2,1-2H3/t5-,6-/m0/s1. The van der Waals surface area contributed by atoms with Crippen molar-refractivity contribution in [1.82, 2.24) is 4.98 Å². The Morgan fingerprint density at radius 3 is 2.46 bits per heavy atom. The largest absolute Gasteiger partial charge is 0.327 e. The molecular formula is C9H12Cl2N2. The number of hydrogen-bond acceptors (Lipinski definition) is 2. The maximum absolute atomic E-state index is 5.97. The molecule has 0 aliphatic carbocycles. The topological polar surface area (TPSA) is 38.9 Å². The third-order valence-corrected chi connectivity index (χ3v) is 2.57. The van der Waals surface area contributed by atoms with Crippen molar-refractivity contribution in [1.29, 1.82) is 0 Å². The summed E-state index contributed by atoms with van der Waals surface area (Å²) >= 11 is 11.7. The van der Waals surface area contributed by atoms with Gasteiger partial charge >= 0.3 is 0 Å². The molecule has 0 radical (unpaired) electrons. The van der Waals surface area contributed by atoms with Gasteiger partial charge in [-0.15, -0.1) is 0 Å². The first-order chi connectivity index (χ1) is 6.02. The van der Waals surface area contributed by atoms with Gasteiger partial charge in [0.25, 0.3) is 0 Å². The van der Waals surface area contributed by atoms with Crippen molar-refractivity contribution in [2.75, 3.05) is 0 Å². The molecule has 2 N–H and O–H groups in total. The molecule has 0 saturated carbocycles. The molecule has 0 aromatic carbocycles. The normalized spacial score (nSPS) is 15.5. The maximum atomic E-state index is 5.97. The monoisotopic (exact) mass is 218 g/mol. The lowest BCUT2D eigenvalue weighted by Gasteiger charge is -2.15. The molecule has 2 atom stereocenters. The van der Waals surface area contributed by atoms with E-state index in [-0.39, 0.29) is 12.0 Å². The molecule has 1 aromatic heterocycles. The molecule has 1 aromatic rings. The van der Waals surface area contributed by atoms with E-state index in [9.17, 15) is 0 Å². The van der Waals surface area contributed by atoms with Crippen LogP contribution in [0.1, 0.15) is 25.5 Å². The smallest absolute Gasteiger partial charge is 0.0639 e. The highest BCUT2D eigenvalue weighted by Gasteiger charge is 2.15. The van der Waals surface area contributed by atoms with Gasteiger partial charge in [0.2, 0.25) is 0 Å². The van der Waals surface area contributed by atoms with Crippen molar-refractivity contribution < 1.29 is 0 Å². The second kappa shape index (κ2) is 4.27. The second-order valence-corrected chi connectivity index (χ2v) is 4.01. The zero-order valence-corrected chi connectivity index (χ0v) is 9.10. The highest BCUT2D eigenvalue weighted by molar-refractivity contribution is 6.34. The van der Waals surface area contributed by atoms with Crippen molar-refractivity contribution in [2.24, 2.45) is 5.73 Å². The van der Waals surface area contributed by atoms with Crippen LogP contribution in [0.4, 0.5) is 0 Å². The van der Waals surface area contributed by atoms with Crippen LogP contribution in [0.5, 0.6) is 0 Å². The number of rotatable bonds is 2. The quantitative estimate of drug-likeness (QED) is 0.830. The minimum absolute atomic E-state index is 0.0335. The average molecular weight is 219 g/mol. The van der Waals surface area contributed by atoms with E-state index in [1.807, 2.05) is 13.8 Å². The van der Waals surface area contributed by atoms with E-state index in [0.29, 0.717) is 10.0 Å². The van der Waals surface area contributed by atoms with Crippen molar-refractivity contribution >= 4 is 23.2 Å². The number of halogens is 2. The summed E-state index contributed by atoms with van der Waals surface area (Å²) in [6.45, 7) is 3.92. The van der Waals surface area contributed by atoms with E-state index in [1.54, 1.807) is 12.3 Å². The van der Waals surface area contributed by atoms with Gasteiger partial charge in [-0.05, 0) is 13.0 Å². The zero-order valence-electron chi connectivity index (χ0n) is 7.59. The third-order valence-electron chi connectivity index (χ3n) is 2.06. The van der Waals surface area contributed by atoms with Crippen LogP contribution in [0.2, 0.25) is 10.0 Å². The molecular weight excluding hydrogens is 207 g/mol. The van der Waals surface area contributed by atoms with Crippen LogP contribution in [-0.4, -0.2) is 11.0 Å². The molecule has 0 aliphatic heterocycles. The Labute approximate surface area is 88.1 Å². The molecule has 72 valence electrons. The summed E-state index contributed by atoms with van der Waals surface area (Å²) in [7, 11) is 0. The molecule has 1 heterocycles. The van der Waals surface area contributed by atoms with Crippen LogP contribution in [-0.2, 0) is 0 Å². The minimum Gasteiger partial charge on any atom is -0.327 e. The Morgan fingerprint density at radius 2 is 2.00 bits per heavy atom. The van der Waals surface area contributed by atoms with E-state index >= 15 is 0 Å². The van der Waals surface area contributed by atoms with Crippen molar-refractivity contribution in [3.05, 3.63) is 28.0 Å². The van der Waals surface area contributed by atoms with Gasteiger partial charge < -0.3 is 5.73 Å². The predicted molar refractivity (Wildman–Crippen MR) is 56.3 cm³/mol. The molecule has 0 amide bonds. The van der Waals surface area contributed by atoms with E-state index in [2.05, 4.69) is 4.98 Å². The molecule has 0 spiro atoms. The fourth-order valence-corrected chi connectivity index (χ4v) is 1.56. The molecule has 0 aliphatic rings. The van der Waals surface area contributed by atoms with Gasteiger partial charge in [-0.2, -0.15) is 0 Å². The Hall–Kier alpha value is -0.310. The summed E-state index contributed by atoms with van der Waals surface area (Å²) < 4.78 is 0. The van der Waals surface area contributed by atoms with Gasteiger partial charge in [0.1, 0.15) is 0 Å². The summed E-state index contributed by atoms with van der Waals surface area (Å²) in [6, 6.07) is 1.72. The molecule has 0 bridgehead atoms. The lowest BCUT2D eigenvalue weighted by molar-refractivity contribution is 0.598. The van der Waals surface area contributed by atoms with Crippen LogP contribution >= 0.6 is 23.2 Å². The Balaban J connectivity index is 3.01. The average Bonchev–Trinajstić information content (AvgIpc) is 2.03. The Kier molecular flexibility index (Phi) is 3.54. The van der Waals surface area contributed by atoms with Gasteiger partial charge in [-0.3, -0.25) is 4.98 Å². The molecule has 1 rings (SSSR count). The maximum Gasteiger partial charge on any atom is 0.0639 e. The highest BCUT2D eigenvalue weighted by atomic mass is 35.5. The first kappa shape index (κ1) is 10.8. The summed E-state index contributed by atoms with van der Waals surface area (Å²) in [5.74, 6) is 0.143. The van der Waals surface area contributed by atoms with E-state index in [4.69, 9.17) is 28.9 Å². The SMILES string of the molecule is C[C@H](N)[C@H](C)c1ncc(Cl)cc1Cl. The van der Waals surface area contributed by atoms with Gasteiger partial charge in [-0.1, -0.05) is 30.1 Å². The first-order valence-electron chi connectivity index (χ1n) is 4.09. The van der Waals surface area contributed by atoms with Crippen LogP contribution in [0.3, 0.4) is 0 Å². The molecule has 13 heavy (non-hydrogen) atoms. The van der Waals surface area contributed by atoms with Gasteiger partial charge in [-0.25, -0.2) is 0 Å². The Bertz CT molecular complexity index is 300. The van der Waals surface area contributed by atoms with Gasteiger partial charge in [0.15, 0.2) is 0 Å². The van der Waals surface area contributed by atoms with Crippen LogP contribution in [0.25, 0.3) is 0 Å². The summed E-state index contributed by atoms with van der Waals surface area (Å²) in [6.07, 6.45) is 1.58. The molecule has 4 heteroatoms. The molecule has 2 nitrogen and oxygen atoms in total. The fraction of sp³-hybridized carbons (Fsp3) is 0.444. The van der Waals surface area contributed by atoms with E-state index in [1.165, 1.54) is 0 Å². The fourth-order valence-electron chi connectivity index (χ4n) is 1.01. The van der Waals surface area contributed by atoms with E-state index in [0.717, 1.165) is 5.69 Å². The summed E-state index contributed by atoms with van der Waals surface area (Å²) in [4.78, 5) is 4.16. The number of aromatic nitrogens is 1. The van der Waals surface area contributed by atoms with Crippen molar-refractivity contribution in [3.63, 3.8) is 0 Å². The number of nitrogens with two attached hydrogens (primary N) is 1. The minimum atomic E-state index is 0.0335. The summed E-state index contributed by atoms with van der Waals surface area (Å²) in [5, 5.41) is 1.13. The first-order valence-corrected chi connectivity index (χ1v) is 4.84. The predicted octanol–water partition coefficient (Wildman–Crippen LogP) is 2.84. The third kappa shape index (κ3) is 2.56. The molecule has 0 unspecified atom stereocenters. The lowest BCUT2D eigenvalue weighted by atomic mass is 10.00. The second-order valence-electron chi connectivity index (χ2n) is 3.17. The van der Waals surface area contributed by atoms with Gasteiger partial charge in [0, 0.05) is 18.2 Å². The highest BCUT2D eigenvalue weighted by Crippen LogP contribution is 2.26. The zero-order chi connectivity index (χ0) is 10.0. The van der Waals surface area contributed by atoms with Crippen LogP contribution in [0.15, 0.2) is 12.3 Å². The number of hydrogen-bond donors (Lipinski definition) is 1. The number of nitrogens with zero attached hydrogens (tertiary/aromatic N) is 1. The van der Waals surface area contributed by atoms with Crippen molar-refractivity contribution in [2.45, 2.75) is 25.8 Å². The number of pyridine rings is 1. The summed E-state index contributed by atoms with van der Waals surface area (Å²) in [5.41, 5.74) is 6.55. The van der Waals surface area contributed by atoms with Crippen molar-refractivity contribution in [3.8, 4) is 0 Å². The van der Waals surface area contributed by atoms with E-state index < -0.39 is 0 Å². The van der Waals surface area contributed by atoms with Crippen LogP contribution < -0.4 is 5.73 Å². The van der Waals surface area contributed by atoms with Crippen LogP contribution in [0, 0.1) is 0 Å². The molecule has 0 saturated heterocycles. The Morgan fingerprint density at radius 1 is 1.38 bits per heavy atom.